The van der Waals surface area contributed by atoms with E-state index in [1.54, 1.807) is 6.26 Å². The van der Waals surface area contributed by atoms with Crippen LogP contribution in [0.25, 0.3) is 33.0 Å². The molecule has 1 saturated carbocycles. The van der Waals surface area contributed by atoms with Gasteiger partial charge in [0.05, 0.1) is 17.2 Å². The summed E-state index contributed by atoms with van der Waals surface area (Å²) in [6.07, 6.45) is 11.8. The van der Waals surface area contributed by atoms with Gasteiger partial charge in [0.1, 0.15) is 24.1 Å². The van der Waals surface area contributed by atoms with Gasteiger partial charge in [0.25, 0.3) is 0 Å². The highest BCUT2D eigenvalue weighted by Gasteiger charge is 2.35. The van der Waals surface area contributed by atoms with E-state index in [4.69, 9.17) is 9.15 Å². The third kappa shape index (κ3) is 2.76. The van der Waals surface area contributed by atoms with Crippen LogP contribution in [0.4, 0.5) is 0 Å². The number of hydrogen-bond donors (Lipinski definition) is 0. The van der Waals surface area contributed by atoms with Crippen LogP contribution in [0.3, 0.4) is 0 Å². The maximum atomic E-state index is 6.62. The monoisotopic (exact) mass is 426 g/mol. The average molecular weight is 427 g/mol. The summed E-state index contributed by atoms with van der Waals surface area (Å²) in [7, 11) is 2.13. The molecule has 1 aliphatic heterocycles. The van der Waals surface area contributed by atoms with Gasteiger partial charge in [0.15, 0.2) is 6.20 Å². The molecule has 3 heteroatoms. The van der Waals surface area contributed by atoms with Crippen molar-refractivity contribution in [2.45, 2.75) is 65.2 Å². The van der Waals surface area contributed by atoms with E-state index < -0.39 is 0 Å². The van der Waals surface area contributed by atoms with E-state index in [-0.39, 0.29) is 0 Å². The van der Waals surface area contributed by atoms with Crippen LogP contribution in [-0.4, -0.2) is 0 Å². The quantitative estimate of drug-likeness (QED) is 0.274. The molecule has 0 spiro atoms. The number of ether oxygens (including phenoxy) is 1. The molecule has 4 aromatic rings. The van der Waals surface area contributed by atoms with E-state index in [0.29, 0.717) is 11.3 Å². The predicted octanol–water partition coefficient (Wildman–Crippen LogP) is 7.96. The summed E-state index contributed by atoms with van der Waals surface area (Å²) in [4.78, 5) is 0. The van der Waals surface area contributed by atoms with Crippen molar-refractivity contribution in [2.24, 2.45) is 12.5 Å². The van der Waals surface area contributed by atoms with Crippen molar-refractivity contribution < 1.29 is 13.7 Å². The van der Waals surface area contributed by atoms with Crippen LogP contribution in [0.15, 0.2) is 47.2 Å². The maximum absolute atomic E-state index is 6.62. The summed E-state index contributed by atoms with van der Waals surface area (Å²) in [5, 5.41) is 3.59. The van der Waals surface area contributed by atoms with Crippen molar-refractivity contribution in [1.29, 1.82) is 0 Å². The van der Waals surface area contributed by atoms with E-state index in [1.807, 2.05) is 6.07 Å². The molecular weight excluding hydrogens is 394 g/mol. The fourth-order valence-corrected chi connectivity index (χ4v) is 6.37. The Hall–Kier alpha value is -2.81. The molecule has 2 aromatic carbocycles. The zero-order valence-corrected chi connectivity index (χ0v) is 19.6. The fourth-order valence-electron chi connectivity index (χ4n) is 6.37. The number of furan rings is 1. The lowest BCUT2D eigenvalue weighted by atomic mass is 9.66. The summed E-state index contributed by atoms with van der Waals surface area (Å²) in [5.41, 5.74) is 6.46. The summed E-state index contributed by atoms with van der Waals surface area (Å²) in [6.45, 7) is 6.88. The molecule has 0 N–H and O–H groups in total. The molecule has 0 radical (unpaired) electrons. The zero-order valence-electron chi connectivity index (χ0n) is 19.6. The maximum Gasteiger partial charge on any atom is 0.228 e. The van der Waals surface area contributed by atoms with Crippen LogP contribution in [0.5, 0.6) is 11.5 Å². The minimum Gasteiger partial charge on any atom is -0.464 e. The van der Waals surface area contributed by atoms with Crippen LogP contribution < -0.4 is 9.30 Å². The molecule has 1 aliphatic carbocycles. The molecule has 0 bridgehead atoms. The molecular formula is C29H32NO2+. The first kappa shape index (κ1) is 19.8. The number of aryl methyl sites for hydroxylation is 2. The summed E-state index contributed by atoms with van der Waals surface area (Å²) < 4.78 is 14.7. The molecule has 1 fully saturated rings. The van der Waals surface area contributed by atoms with Gasteiger partial charge in [-0.1, -0.05) is 32.8 Å². The highest BCUT2D eigenvalue weighted by Crippen LogP contribution is 2.51. The second-order valence-corrected chi connectivity index (χ2v) is 10.1. The van der Waals surface area contributed by atoms with Crippen LogP contribution in [0.2, 0.25) is 0 Å². The second-order valence-electron chi connectivity index (χ2n) is 10.1. The third-order valence-electron chi connectivity index (χ3n) is 8.64. The number of nitrogens with zero attached hydrogens (tertiary/aromatic N) is 1. The number of pyridine rings is 1. The lowest BCUT2D eigenvalue weighted by Crippen LogP contribution is -2.32. The molecule has 0 atom stereocenters. The van der Waals surface area contributed by atoms with Gasteiger partial charge in [-0.15, -0.1) is 0 Å². The van der Waals surface area contributed by atoms with Gasteiger partial charge in [0.2, 0.25) is 5.69 Å². The minimum absolute atomic E-state index is 0.561. The predicted molar refractivity (Wildman–Crippen MR) is 129 cm³/mol. The molecule has 3 heterocycles. The molecule has 0 amide bonds. The number of hydrogen-bond acceptors (Lipinski definition) is 2. The Morgan fingerprint density at radius 3 is 2.53 bits per heavy atom. The first-order valence-electron chi connectivity index (χ1n) is 12.2. The SMILES string of the molecule is CCC1(CC)CCC(c2cc3c4c([n+](C)ccc4c2)-c2c(cc4ccoc4c2C)O3)CC1. The molecule has 3 nitrogen and oxygen atoms in total. The normalized spacial score (nSPS) is 17.5. The van der Waals surface area contributed by atoms with Gasteiger partial charge in [0, 0.05) is 17.0 Å². The highest BCUT2D eigenvalue weighted by atomic mass is 16.5. The Morgan fingerprint density at radius 1 is 1.00 bits per heavy atom. The van der Waals surface area contributed by atoms with E-state index in [1.165, 1.54) is 60.6 Å². The Kier molecular flexibility index (Phi) is 4.40. The van der Waals surface area contributed by atoms with Crippen molar-refractivity contribution in [3.8, 4) is 22.8 Å². The molecule has 0 saturated heterocycles. The summed E-state index contributed by atoms with van der Waals surface area (Å²) >= 11 is 0. The molecule has 2 aromatic heterocycles. The smallest absolute Gasteiger partial charge is 0.228 e. The Bertz CT molecular complexity index is 1350. The van der Waals surface area contributed by atoms with Crippen LogP contribution in [0, 0.1) is 12.3 Å². The number of aromatic nitrogens is 1. The number of fused-ring (bicyclic) bond motifs is 3. The highest BCUT2D eigenvalue weighted by molar-refractivity contribution is 6.04. The topological polar surface area (TPSA) is 26.2 Å². The van der Waals surface area contributed by atoms with Gasteiger partial charge < -0.3 is 9.15 Å². The van der Waals surface area contributed by atoms with E-state index >= 15 is 0 Å². The molecule has 32 heavy (non-hydrogen) atoms. The van der Waals surface area contributed by atoms with Crippen LogP contribution in [0.1, 0.15) is 69.4 Å². The van der Waals surface area contributed by atoms with Gasteiger partial charge in [-0.3, -0.25) is 0 Å². The van der Waals surface area contributed by atoms with Gasteiger partial charge in [-0.25, -0.2) is 4.57 Å². The van der Waals surface area contributed by atoms with E-state index in [0.717, 1.165) is 33.6 Å². The first-order valence-corrected chi connectivity index (χ1v) is 12.2. The lowest BCUT2D eigenvalue weighted by Gasteiger charge is -2.39. The van der Waals surface area contributed by atoms with Gasteiger partial charge in [-0.2, -0.15) is 0 Å². The molecule has 0 unspecified atom stereocenters. The van der Waals surface area contributed by atoms with Crippen molar-refractivity contribution in [3.63, 3.8) is 0 Å². The summed E-state index contributed by atoms with van der Waals surface area (Å²) in [5.74, 6) is 2.56. The average Bonchev–Trinajstić information content (AvgIpc) is 3.29. The third-order valence-corrected chi connectivity index (χ3v) is 8.64. The molecule has 164 valence electrons. The minimum atomic E-state index is 0.561. The first-order chi connectivity index (χ1) is 15.5. The Labute approximate surface area is 190 Å². The zero-order chi connectivity index (χ0) is 22.0. The Morgan fingerprint density at radius 2 is 1.78 bits per heavy atom. The van der Waals surface area contributed by atoms with Crippen LogP contribution in [-0.2, 0) is 7.05 Å². The van der Waals surface area contributed by atoms with E-state index in [9.17, 15) is 0 Å². The lowest BCUT2D eigenvalue weighted by molar-refractivity contribution is -0.659. The van der Waals surface area contributed by atoms with Gasteiger partial charge in [-0.05, 0) is 73.1 Å². The number of rotatable bonds is 3. The van der Waals surface area contributed by atoms with Crippen molar-refractivity contribution in [1.82, 2.24) is 0 Å². The van der Waals surface area contributed by atoms with Crippen molar-refractivity contribution in [2.75, 3.05) is 0 Å². The molecule has 6 rings (SSSR count). The van der Waals surface area contributed by atoms with Crippen molar-refractivity contribution in [3.05, 3.63) is 53.9 Å². The standard InChI is InChI=1S/C29H32NO2/c1-5-29(6-2)11-7-19(8-12-29)22-15-20-9-13-30(4)27-25-18(3)28-21(10-14-31-28)16-23(25)32-24(17-22)26(20)27/h9-10,13-17,19H,5-8,11-12H2,1-4H3/q+1. The van der Waals surface area contributed by atoms with Gasteiger partial charge >= 0.3 is 0 Å². The fraction of sp³-hybridized carbons (Fsp3) is 0.414. The largest absolute Gasteiger partial charge is 0.464 e. The summed E-state index contributed by atoms with van der Waals surface area (Å²) in [6, 6.07) is 11.2. The second kappa shape index (κ2) is 7.10. The molecule has 2 aliphatic rings. The Balaban J connectivity index is 1.50. The number of benzene rings is 2. The van der Waals surface area contributed by atoms with E-state index in [2.05, 4.69) is 62.8 Å². The van der Waals surface area contributed by atoms with Crippen molar-refractivity contribution >= 4 is 21.7 Å². The van der Waals surface area contributed by atoms with Crippen LogP contribution >= 0.6 is 0 Å².